The summed E-state index contributed by atoms with van der Waals surface area (Å²) in [5.74, 6) is -2.00. The van der Waals surface area contributed by atoms with Crippen LogP contribution in [0.2, 0.25) is 0 Å². The third kappa shape index (κ3) is 9.23. The molecule has 12 nitrogen and oxygen atoms in total. The largest absolute Gasteiger partial charge is 0.469 e. The van der Waals surface area contributed by atoms with E-state index in [4.69, 9.17) is 14.5 Å². The number of rotatable bonds is 11. The van der Waals surface area contributed by atoms with Crippen molar-refractivity contribution >= 4 is 36.5 Å². The molecule has 3 rings (SSSR count). The molecule has 3 amide bonds. The Hall–Kier alpha value is -3.68. The molecule has 0 aliphatic carbocycles. The Morgan fingerprint density at radius 3 is 2.54 bits per heavy atom. The lowest BCUT2D eigenvalue weighted by atomic mass is 10.1. The van der Waals surface area contributed by atoms with Gasteiger partial charge in [0.1, 0.15) is 12.4 Å². The van der Waals surface area contributed by atoms with Crippen molar-refractivity contribution in [1.29, 1.82) is 0 Å². The van der Waals surface area contributed by atoms with E-state index in [9.17, 15) is 28.0 Å². The van der Waals surface area contributed by atoms with E-state index in [1.165, 1.54) is 19.2 Å². The molecule has 0 aliphatic rings. The quantitative estimate of drug-likeness (QED) is 0.218. The Kier molecular flexibility index (Phi) is 10.3. The van der Waals surface area contributed by atoms with Crippen molar-refractivity contribution in [2.45, 2.75) is 25.1 Å². The molecule has 0 saturated carbocycles. The third-order valence-electron chi connectivity index (χ3n) is 5.58. The number of halogens is 2. The number of phosphoric ester groups is 1. The number of nitrogens with one attached hydrogen (secondary N) is 2. The second kappa shape index (κ2) is 13.4. The third-order valence-corrected chi connectivity index (χ3v) is 6.06. The molecular weight excluding hydrogens is 541 g/mol. The van der Waals surface area contributed by atoms with Crippen LogP contribution in [-0.2, 0) is 20.4 Å². The summed E-state index contributed by atoms with van der Waals surface area (Å²) in [4.78, 5) is 48.0. The number of fused-ring (bicyclic) bond motifs is 1. The topological polar surface area (TPSA) is 171 Å². The first kappa shape index (κ1) is 29.9. The Morgan fingerprint density at radius 1 is 1.10 bits per heavy atom. The van der Waals surface area contributed by atoms with Gasteiger partial charge in [-0.1, -0.05) is 36.4 Å². The van der Waals surface area contributed by atoms with Gasteiger partial charge in [-0.25, -0.2) is 27.9 Å². The van der Waals surface area contributed by atoms with Crippen molar-refractivity contribution < 1.29 is 47.1 Å². The van der Waals surface area contributed by atoms with Gasteiger partial charge in [0.05, 0.1) is 18.8 Å². The minimum atomic E-state index is -4.87. The number of anilines is 1. The molecule has 0 spiro atoms. The maximum absolute atomic E-state index is 13.9. The lowest BCUT2D eigenvalue weighted by molar-refractivity contribution is 0.0452. The highest BCUT2D eigenvalue weighted by Crippen LogP contribution is 2.35. The number of carbonyl (C=O) groups is 2. The number of urea groups is 1. The van der Waals surface area contributed by atoms with Gasteiger partial charge in [0.25, 0.3) is 0 Å². The number of hydrogen-bond acceptors (Lipinski definition) is 7. The van der Waals surface area contributed by atoms with Crippen molar-refractivity contribution in [3.05, 3.63) is 71.9 Å². The number of pyridine rings is 1. The zero-order valence-corrected chi connectivity index (χ0v) is 21.6. The van der Waals surface area contributed by atoms with Gasteiger partial charge in [-0.3, -0.25) is 9.84 Å². The molecule has 2 aromatic carbocycles. The van der Waals surface area contributed by atoms with Crippen LogP contribution in [0.1, 0.15) is 12.0 Å². The van der Waals surface area contributed by atoms with E-state index in [2.05, 4.69) is 20.1 Å². The number of benzene rings is 2. The Morgan fingerprint density at radius 2 is 1.82 bits per heavy atom. The number of hydrogen-bond donors (Lipinski definition) is 5. The fourth-order valence-electron chi connectivity index (χ4n) is 3.51. The van der Waals surface area contributed by atoms with Gasteiger partial charge in [0.15, 0.2) is 11.6 Å². The summed E-state index contributed by atoms with van der Waals surface area (Å²) in [6, 6.07) is 10.6. The van der Waals surface area contributed by atoms with Gasteiger partial charge in [0.2, 0.25) is 0 Å². The van der Waals surface area contributed by atoms with Crippen LogP contribution in [0.15, 0.2) is 54.7 Å². The van der Waals surface area contributed by atoms with Gasteiger partial charge in [-0.05, 0) is 23.9 Å². The highest BCUT2D eigenvalue weighted by Gasteiger charge is 2.27. The predicted octanol–water partition coefficient (Wildman–Crippen LogP) is 3.13. The zero-order valence-electron chi connectivity index (χ0n) is 20.7. The molecule has 2 atom stereocenters. The van der Waals surface area contributed by atoms with Gasteiger partial charge in [-0.15, -0.1) is 0 Å². The van der Waals surface area contributed by atoms with Crippen LogP contribution < -0.4 is 10.6 Å². The van der Waals surface area contributed by atoms with Crippen LogP contribution in [0, 0.1) is 11.6 Å². The minimum Gasteiger partial charge on any atom is -0.447 e. The molecule has 0 fully saturated rings. The number of nitrogens with zero attached hydrogens (tertiary/aromatic N) is 2. The molecule has 5 N–H and O–H groups in total. The van der Waals surface area contributed by atoms with Gasteiger partial charge in [-0.2, -0.15) is 0 Å². The van der Waals surface area contributed by atoms with E-state index in [1.807, 2.05) is 24.3 Å². The average Bonchev–Trinajstić information content (AvgIpc) is 2.89. The molecule has 0 saturated heterocycles. The van der Waals surface area contributed by atoms with Gasteiger partial charge < -0.3 is 29.8 Å². The molecule has 0 aliphatic heterocycles. The number of aliphatic hydroxyl groups excluding tert-OH is 1. The molecule has 1 heterocycles. The summed E-state index contributed by atoms with van der Waals surface area (Å²) in [6.45, 7) is -1.58. The van der Waals surface area contributed by atoms with Gasteiger partial charge >= 0.3 is 19.9 Å². The highest BCUT2D eigenvalue weighted by atomic mass is 31.2. The number of aliphatic hydroxyl groups is 1. The second-order valence-corrected chi connectivity index (χ2v) is 9.69. The maximum atomic E-state index is 13.9. The van der Waals surface area contributed by atoms with E-state index in [0.29, 0.717) is 0 Å². The summed E-state index contributed by atoms with van der Waals surface area (Å²) in [6.07, 6.45) is -1.14. The molecular formula is C24H27F2N4O8P. The molecule has 0 bridgehead atoms. The number of ether oxygens (including phenoxy) is 1. The second-order valence-electron chi connectivity index (χ2n) is 8.45. The normalized spacial score (nSPS) is 13.0. The first-order valence-corrected chi connectivity index (χ1v) is 13.1. The Bertz CT molecular complexity index is 1360. The smallest absolute Gasteiger partial charge is 0.447 e. The van der Waals surface area contributed by atoms with E-state index < -0.39 is 56.9 Å². The van der Waals surface area contributed by atoms with Crippen molar-refractivity contribution in [1.82, 2.24) is 15.2 Å². The lowest BCUT2D eigenvalue weighted by Gasteiger charge is -2.29. The Labute approximate surface area is 221 Å². The van der Waals surface area contributed by atoms with Crippen molar-refractivity contribution in [3.63, 3.8) is 0 Å². The number of likely N-dealkylation sites (N-methyl/N-ethyl adjacent to an activating group) is 1. The number of aromatic nitrogens is 1. The number of phosphoric acid groups is 1. The molecule has 39 heavy (non-hydrogen) atoms. The predicted molar refractivity (Wildman–Crippen MR) is 135 cm³/mol. The fourth-order valence-corrected chi connectivity index (χ4v) is 3.88. The van der Waals surface area contributed by atoms with Crippen molar-refractivity contribution in [2.24, 2.45) is 0 Å². The zero-order chi connectivity index (χ0) is 28.6. The average molecular weight is 568 g/mol. The molecule has 1 aromatic heterocycles. The monoisotopic (exact) mass is 568 g/mol. The first-order valence-electron chi connectivity index (χ1n) is 11.5. The standard InChI is InChI=1S/C24H27F2N4O8P/c1-30(23(32)28-12-17-7-4-8-20(25)22(17)26)18(10-19(31)14-38-39(34,35)36)13-37-24(33)29-21-9-15-5-2-3-6-16(15)11-27-21/h2-9,11,18-19,31H,10,12-14H2,1H3,(H,28,32)(H,27,29,33)(H2,34,35,36)/t18-,19?/m0/s1. The van der Waals surface area contributed by atoms with Crippen LogP contribution in [-0.4, -0.2) is 69.3 Å². The van der Waals surface area contributed by atoms with Gasteiger partial charge in [0, 0.05) is 30.7 Å². The maximum Gasteiger partial charge on any atom is 0.469 e. The summed E-state index contributed by atoms with van der Waals surface area (Å²) in [5, 5.41) is 16.7. The van der Waals surface area contributed by atoms with Crippen molar-refractivity contribution in [2.75, 3.05) is 25.6 Å². The summed E-state index contributed by atoms with van der Waals surface area (Å²) >= 11 is 0. The van der Waals surface area contributed by atoms with Crippen molar-refractivity contribution in [3.8, 4) is 0 Å². The molecule has 3 aromatic rings. The van der Waals surface area contributed by atoms with Crippen LogP contribution in [0.4, 0.5) is 24.2 Å². The van der Waals surface area contributed by atoms with Crippen LogP contribution >= 0.6 is 7.82 Å². The molecule has 15 heteroatoms. The molecule has 210 valence electrons. The van der Waals surface area contributed by atoms with Crippen LogP contribution in [0.3, 0.4) is 0 Å². The SMILES string of the molecule is CN(C(=O)NCc1cccc(F)c1F)[C@H](COC(=O)Nc1cc2ccccc2cn1)CC(O)COP(=O)(O)O. The van der Waals surface area contributed by atoms with Crippen LogP contribution in [0.5, 0.6) is 0 Å². The van der Waals surface area contributed by atoms with E-state index in [1.54, 1.807) is 12.3 Å². The molecule has 0 radical (unpaired) electrons. The summed E-state index contributed by atoms with van der Waals surface area (Å²) < 4.78 is 47.8. The van der Waals surface area contributed by atoms with E-state index >= 15 is 0 Å². The highest BCUT2D eigenvalue weighted by molar-refractivity contribution is 7.46. The first-order chi connectivity index (χ1) is 18.4. The van der Waals surface area contributed by atoms with E-state index in [-0.39, 0.29) is 24.3 Å². The summed E-state index contributed by atoms with van der Waals surface area (Å²) in [5.41, 5.74) is -0.109. The van der Waals surface area contributed by atoms with E-state index in [0.717, 1.165) is 21.7 Å². The molecule has 1 unspecified atom stereocenters. The fraction of sp³-hybridized carbons (Fsp3) is 0.292. The Balaban J connectivity index is 1.64. The minimum absolute atomic E-state index is 0.109. The number of carbonyl (C=O) groups excluding carboxylic acids is 2. The summed E-state index contributed by atoms with van der Waals surface area (Å²) in [7, 11) is -3.57. The number of amides is 3. The lowest BCUT2D eigenvalue weighted by Crippen LogP contribution is -2.47. The van der Waals surface area contributed by atoms with Crippen LogP contribution in [0.25, 0.3) is 10.8 Å².